The summed E-state index contributed by atoms with van der Waals surface area (Å²) >= 11 is 0. The number of benzene rings is 3. The van der Waals surface area contributed by atoms with Gasteiger partial charge in [-0.2, -0.15) is 0 Å². The summed E-state index contributed by atoms with van der Waals surface area (Å²) < 4.78 is 0. The van der Waals surface area contributed by atoms with Crippen LogP contribution in [0.4, 0.5) is 5.69 Å². The number of anilines is 1. The van der Waals surface area contributed by atoms with Gasteiger partial charge in [0.1, 0.15) is 0 Å². The Hall–Kier alpha value is -3.06. The molecule has 2 aliphatic carbocycles. The summed E-state index contributed by atoms with van der Waals surface area (Å²) in [5, 5.41) is 0. The summed E-state index contributed by atoms with van der Waals surface area (Å²) in [6, 6.07) is 31.0. The molecule has 0 N–H and O–H groups in total. The molecule has 2 unspecified atom stereocenters. The molecular formula is C28H31N. The van der Waals surface area contributed by atoms with Crippen LogP contribution >= 0.6 is 0 Å². The maximum absolute atomic E-state index is 2.40. The van der Waals surface area contributed by atoms with E-state index in [1.54, 1.807) is 0 Å². The molecule has 29 heavy (non-hydrogen) atoms. The van der Waals surface area contributed by atoms with Crippen molar-refractivity contribution in [3.05, 3.63) is 126 Å². The van der Waals surface area contributed by atoms with Crippen molar-refractivity contribution in [1.29, 1.82) is 0 Å². The van der Waals surface area contributed by atoms with Crippen molar-refractivity contribution in [2.24, 2.45) is 11.8 Å². The van der Waals surface area contributed by atoms with E-state index in [2.05, 4.69) is 98.6 Å². The second kappa shape index (κ2) is 10.5. The van der Waals surface area contributed by atoms with Crippen LogP contribution in [0.5, 0.6) is 0 Å². The number of hydrogen-bond donors (Lipinski definition) is 0. The van der Waals surface area contributed by atoms with Gasteiger partial charge in [-0.3, -0.25) is 0 Å². The Balaban J connectivity index is 0.000000143. The lowest BCUT2D eigenvalue weighted by atomic mass is 10.1. The summed E-state index contributed by atoms with van der Waals surface area (Å²) in [4.78, 5) is 2.26. The van der Waals surface area contributed by atoms with E-state index in [4.69, 9.17) is 0 Å². The zero-order chi connectivity index (χ0) is 20.5. The standard InChI is InChI=1S/C14H15N.2C7H8/c1-15(13-5-3-2-4-6-13)14-8-7-11-9-12(11)10-14;2*1-7-5-3-2-4-6-7/h2-8,10-12H,9H2,1H3;2*2-6H,1H3. The fourth-order valence-corrected chi connectivity index (χ4v) is 3.24. The zero-order valence-electron chi connectivity index (χ0n) is 17.7. The van der Waals surface area contributed by atoms with Crippen molar-refractivity contribution in [1.82, 2.24) is 0 Å². The highest BCUT2D eigenvalue weighted by Crippen LogP contribution is 2.44. The van der Waals surface area contributed by atoms with Crippen LogP contribution < -0.4 is 4.90 Å². The lowest BCUT2D eigenvalue weighted by molar-refractivity contribution is 0.942. The monoisotopic (exact) mass is 381 g/mol. The molecule has 3 aromatic carbocycles. The van der Waals surface area contributed by atoms with Gasteiger partial charge in [0.15, 0.2) is 0 Å². The van der Waals surface area contributed by atoms with E-state index in [-0.39, 0.29) is 0 Å². The Morgan fingerprint density at radius 3 is 1.55 bits per heavy atom. The predicted octanol–water partition coefficient (Wildman–Crippen LogP) is 7.20. The summed E-state index contributed by atoms with van der Waals surface area (Å²) in [5.74, 6) is 1.66. The number of fused-ring (bicyclic) bond motifs is 1. The fourth-order valence-electron chi connectivity index (χ4n) is 3.24. The minimum atomic E-state index is 0.816. The van der Waals surface area contributed by atoms with E-state index >= 15 is 0 Å². The average Bonchev–Trinajstić information content (AvgIpc) is 3.55. The molecule has 2 aliphatic rings. The summed E-state index contributed by atoms with van der Waals surface area (Å²) in [7, 11) is 2.13. The van der Waals surface area contributed by atoms with Gasteiger partial charge in [0.25, 0.3) is 0 Å². The lowest BCUT2D eigenvalue weighted by Crippen LogP contribution is -2.16. The van der Waals surface area contributed by atoms with Crippen LogP contribution in [-0.4, -0.2) is 7.05 Å². The van der Waals surface area contributed by atoms with Crippen LogP contribution in [0.25, 0.3) is 0 Å². The van der Waals surface area contributed by atoms with E-state index in [0.29, 0.717) is 0 Å². The third-order valence-electron chi connectivity index (χ3n) is 5.20. The normalized spacial score (nSPS) is 18.1. The van der Waals surface area contributed by atoms with Gasteiger partial charge in [-0.05, 0) is 50.3 Å². The number of aryl methyl sites for hydroxylation is 2. The maximum Gasteiger partial charge on any atom is 0.0407 e. The van der Waals surface area contributed by atoms with Gasteiger partial charge in [-0.1, -0.05) is 102 Å². The number of allylic oxidation sites excluding steroid dienone is 3. The zero-order valence-corrected chi connectivity index (χ0v) is 17.7. The first-order chi connectivity index (χ1) is 14.1. The predicted molar refractivity (Wildman–Crippen MR) is 126 cm³/mol. The molecule has 2 atom stereocenters. The van der Waals surface area contributed by atoms with Gasteiger partial charge < -0.3 is 4.90 Å². The van der Waals surface area contributed by atoms with Gasteiger partial charge in [0.05, 0.1) is 0 Å². The number of nitrogens with zero attached hydrogens (tertiary/aromatic N) is 1. The molecule has 1 heteroatoms. The highest BCUT2D eigenvalue weighted by Gasteiger charge is 2.35. The smallest absolute Gasteiger partial charge is 0.0407 e. The van der Waals surface area contributed by atoms with Crippen molar-refractivity contribution in [2.75, 3.05) is 11.9 Å². The Morgan fingerprint density at radius 2 is 1.14 bits per heavy atom. The molecular weight excluding hydrogens is 350 g/mol. The SMILES string of the molecule is CN(C1=CC2CC2C=C1)c1ccccc1.Cc1ccccc1.Cc1ccccc1. The van der Waals surface area contributed by atoms with E-state index in [9.17, 15) is 0 Å². The summed E-state index contributed by atoms with van der Waals surface area (Å²) in [5.41, 5.74) is 5.23. The fraction of sp³-hybridized carbons (Fsp3) is 0.214. The number of hydrogen-bond acceptors (Lipinski definition) is 1. The van der Waals surface area contributed by atoms with Gasteiger partial charge in [0, 0.05) is 18.4 Å². The molecule has 0 spiro atoms. The van der Waals surface area contributed by atoms with Crippen LogP contribution in [0.15, 0.2) is 115 Å². The molecule has 148 valence electrons. The van der Waals surface area contributed by atoms with Crippen molar-refractivity contribution in [3.63, 3.8) is 0 Å². The first-order valence-electron chi connectivity index (χ1n) is 10.4. The first-order valence-corrected chi connectivity index (χ1v) is 10.4. The highest BCUT2D eigenvalue weighted by atomic mass is 15.1. The van der Waals surface area contributed by atoms with Crippen molar-refractivity contribution in [3.8, 4) is 0 Å². The first kappa shape index (κ1) is 20.7. The van der Waals surface area contributed by atoms with Crippen LogP contribution in [-0.2, 0) is 0 Å². The van der Waals surface area contributed by atoms with E-state index < -0.39 is 0 Å². The molecule has 1 fully saturated rings. The topological polar surface area (TPSA) is 3.24 Å². The Bertz CT molecular complexity index is 873. The third kappa shape index (κ3) is 6.80. The minimum Gasteiger partial charge on any atom is -0.345 e. The molecule has 0 aromatic heterocycles. The molecule has 0 heterocycles. The average molecular weight is 382 g/mol. The quantitative estimate of drug-likeness (QED) is 0.453. The molecule has 0 amide bonds. The molecule has 5 rings (SSSR count). The molecule has 0 aliphatic heterocycles. The van der Waals surface area contributed by atoms with Gasteiger partial charge in [0.2, 0.25) is 0 Å². The van der Waals surface area contributed by atoms with Crippen LogP contribution in [0, 0.1) is 25.7 Å². The Kier molecular flexibility index (Phi) is 7.47. The summed E-state index contributed by atoms with van der Waals surface area (Å²) in [6.07, 6.45) is 8.35. The van der Waals surface area contributed by atoms with E-state index in [0.717, 1.165) is 11.8 Å². The highest BCUT2D eigenvalue weighted by molar-refractivity contribution is 5.54. The van der Waals surface area contributed by atoms with Gasteiger partial charge in [-0.25, -0.2) is 0 Å². The molecule has 0 bridgehead atoms. The van der Waals surface area contributed by atoms with Crippen LogP contribution in [0.3, 0.4) is 0 Å². The van der Waals surface area contributed by atoms with Crippen LogP contribution in [0.2, 0.25) is 0 Å². The van der Waals surface area contributed by atoms with Crippen molar-refractivity contribution < 1.29 is 0 Å². The van der Waals surface area contributed by atoms with E-state index in [1.807, 2.05) is 36.4 Å². The second-order valence-electron chi connectivity index (χ2n) is 7.72. The van der Waals surface area contributed by atoms with Crippen molar-refractivity contribution >= 4 is 5.69 Å². The Morgan fingerprint density at radius 1 is 0.655 bits per heavy atom. The molecule has 0 radical (unpaired) electrons. The molecule has 0 saturated heterocycles. The number of likely N-dealkylation sites (N-methyl/N-ethyl adjacent to an activating group) is 1. The van der Waals surface area contributed by atoms with E-state index in [1.165, 1.54) is 28.9 Å². The van der Waals surface area contributed by atoms with Gasteiger partial charge in [-0.15, -0.1) is 0 Å². The third-order valence-corrected chi connectivity index (χ3v) is 5.20. The van der Waals surface area contributed by atoms with Crippen molar-refractivity contribution in [2.45, 2.75) is 20.3 Å². The molecule has 3 aromatic rings. The number of rotatable bonds is 2. The largest absolute Gasteiger partial charge is 0.345 e. The minimum absolute atomic E-state index is 0.816. The van der Waals surface area contributed by atoms with Crippen LogP contribution in [0.1, 0.15) is 17.5 Å². The lowest BCUT2D eigenvalue weighted by Gasteiger charge is -2.22. The van der Waals surface area contributed by atoms with Gasteiger partial charge >= 0.3 is 0 Å². The summed E-state index contributed by atoms with van der Waals surface area (Å²) in [6.45, 7) is 4.17. The molecule has 1 nitrogen and oxygen atoms in total. The number of para-hydroxylation sites is 1. The Labute approximate surface area is 176 Å². The second-order valence-corrected chi connectivity index (χ2v) is 7.72. The maximum atomic E-state index is 2.40. The molecule has 1 saturated carbocycles.